The number of hydrogen-bond acceptors (Lipinski definition) is 3. The van der Waals surface area contributed by atoms with Gasteiger partial charge < -0.3 is 14.5 Å². The Hall–Kier alpha value is -0.780. The highest BCUT2D eigenvalue weighted by Gasteiger charge is 2.17. The van der Waals surface area contributed by atoms with Gasteiger partial charge in [-0.3, -0.25) is 0 Å². The molecule has 1 aromatic carbocycles. The average molecular weight is 403 g/mol. The second kappa shape index (κ2) is 7.29. The van der Waals surface area contributed by atoms with Gasteiger partial charge in [0.1, 0.15) is 11.5 Å². The first kappa shape index (κ1) is 15.6. The molecule has 108 valence electrons. The molecule has 0 spiro atoms. The summed E-state index contributed by atoms with van der Waals surface area (Å²) in [6, 6.07) is 10.1. The van der Waals surface area contributed by atoms with Crippen LogP contribution in [-0.2, 0) is 6.42 Å². The summed E-state index contributed by atoms with van der Waals surface area (Å²) in [5, 5.41) is 3.45. The van der Waals surface area contributed by atoms with E-state index in [0.717, 1.165) is 39.2 Å². The van der Waals surface area contributed by atoms with Crippen molar-refractivity contribution in [2.45, 2.75) is 19.4 Å². The van der Waals surface area contributed by atoms with E-state index in [1.54, 1.807) is 7.11 Å². The van der Waals surface area contributed by atoms with Gasteiger partial charge in [0.25, 0.3) is 0 Å². The lowest BCUT2D eigenvalue weighted by atomic mass is 10.0. The van der Waals surface area contributed by atoms with Crippen molar-refractivity contribution < 1.29 is 9.15 Å². The van der Waals surface area contributed by atoms with E-state index in [1.165, 1.54) is 0 Å². The van der Waals surface area contributed by atoms with Gasteiger partial charge in [-0.2, -0.15) is 0 Å². The number of furan rings is 1. The Kier molecular flexibility index (Phi) is 5.69. The molecule has 0 saturated heterocycles. The van der Waals surface area contributed by atoms with E-state index in [-0.39, 0.29) is 6.04 Å². The van der Waals surface area contributed by atoms with E-state index in [9.17, 15) is 0 Å². The third-order valence-corrected chi connectivity index (χ3v) is 3.97. The van der Waals surface area contributed by atoms with Gasteiger partial charge in [0, 0.05) is 4.47 Å². The van der Waals surface area contributed by atoms with E-state index in [2.05, 4.69) is 50.2 Å². The van der Waals surface area contributed by atoms with Gasteiger partial charge in [-0.15, -0.1) is 0 Å². The second-order valence-electron chi connectivity index (χ2n) is 4.41. The maximum atomic E-state index is 5.68. The largest absolute Gasteiger partial charge is 0.496 e. The van der Waals surface area contributed by atoms with Gasteiger partial charge in [0.2, 0.25) is 0 Å². The molecule has 0 saturated carbocycles. The predicted molar refractivity (Wildman–Crippen MR) is 87.2 cm³/mol. The Balaban J connectivity index is 2.26. The molecule has 0 aliphatic carbocycles. The summed E-state index contributed by atoms with van der Waals surface area (Å²) >= 11 is 6.86. The van der Waals surface area contributed by atoms with Crippen LogP contribution in [0.2, 0.25) is 0 Å². The van der Waals surface area contributed by atoms with Crippen molar-refractivity contribution in [1.82, 2.24) is 5.32 Å². The average Bonchev–Trinajstić information content (AvgIpc) is 2.85. The number of ether oxygens (including phenoxy) is 1. The summed E-state index contributed by atoms with van der Waals surface area (Å²) in [4.78, 5) is 0. The van der Waals surface area contributed by atoms with Crippen LogP contribution in [0, 0.1) is 0 Å². The molecular formula is C15H17Br2NO2. The fourth-order valence-corrected chi connectivity index (χ4v) is 2.89. The number of benzene rings is 1. The molecule has 1 heterocycles. The highest BCUT2D eigenvalue weighted by atomic mass is 79.9. The van der Waals surface area contributed by atoms with Gasteiger partial charge in [0.05, 0.1) is 13.2 Å². The number of likely N-dealkylation sites (N-methyl/N-ethyl adjacent to an activating group) is 1. The molecule has 0 fully saturated rings. The number of methoxy groups -OCH3 is 1. The van der Waals surface area contributed by atoms with E-state index in [4.69, 9.17) is 9.15 Å². The second-order valence-corrected chi connectivity index (χ2v) is 6.11. The number of nitrogens with one attached hydrogen (secondary N) is 1. The summed E-state index contributed by atoms with van der Waals surface area (Å²) in [6.07, 6.45) is 0.802. The Morgan fingerprint density at radius 3 is 2.65 bits per heavy atom. The van der Waals surface area contributed by atoms with E-state index in [1.807, 2.05) is 24.3 Å². The van der Waals surface area contributed by atoms with Crippen LogP contribution in [0.4, 0.5) is 0 Å². The fourth-order valence-electron chi connectivity index (χ4n) is 2.16. The third kappa shape index (κ3) is 3.87. The van der Waals surface area contributed by atoms with Crippen molar-refractivity contribution in [3.05, 3.63) is 50.8 Å². The number of halogens is 2. The predicted octanol–water partition coefficient (Wildman–Crippen LogP) is 4.71. The molecule has 1 atom stereocenters. The van der Waals surface area contributed by atoms with Crippen molar-refractivity contribution in [1.29, 1.82) is 0 Å². The van der Waals surface area contributed by atoms with Crippen LogP contribution in [0.1, 0.15) is 24.3 Å². The highest BCUT2D eigenvalue weighted by molar-refractivity contribution is 9.10. The van der Waals surface area contributed by atoms with Gasteiger partial charge >= 0.3 is 0 Å². The normalized spacial score (nSPS) is 12.4. The lowest BCUT2D eigenvalue weighted by molar-refractivity contribution is 0.387. The topological polar surface area (TPSA) is 34.4 Å². The summed E-state index contributed by atoms with van der Waals surface area (Å²) in [5.41, 5.74) is 1.14. The Labute approximate surface area is 136 Å². The van der Waals surface area contributed by atoms with E-state index < -0.39 is 0 Å². The molecule has 1 aromatic heterocycles. The van der Waals surface area contributed by atoms with Crippen LogP contribution in [-0.4, -0.2) is 13.7 Å². The Bertz CT molecular complexity index is 569. The first-order valence-corrected chi connectivity index (χ1v) is 8.03. The van der Waals surface area contributed by atoms with Crippen LogP contribution >= 0.6 is 31.9 Å². The molecule has 20 heavy (non-hydrogen) atoms. The zero-order valence-corrected chi connectivity index (χ0v) is 14.6. The van der Waals surface area contributed by atoms with Crippen LogP contribution in [0.5, 0.6) is 5.75 Å². The monoisotopic (exact) mass is 401 g/mol. The molecule has 0 amide bonds. The van der Waals surface area contributed by atoms with Crippen LogP contribution < -0.4 is 10.1 Å². The maximum Gasteiger partial charge on any atom is 0.169 e. The minimum atomic E-state index is 0.120. The van der Waals surface area contributed by atoms with Gasteiger partial charge in [-0.05, 0) is 64.8 Å². The summed E-state index contributed by atoms with van der Waals surface area (Å²) in [6.45, 7) is 2.96. The zero-order chi connectivity index (χ0) is 14.5. The van der Waals surface area contributed by atoms with E-state index >= 15 is 0 Å². The maximum absolute atomic E-state index is 5.68. The Morgan fingerprint density at radius 2 is 2.05 bits per heavy atom. The molecule has 2 rings (SSSR count). The van der Waals surface area contributed by atoms with Crippen molar-refractivity contribution in [3.8, 4) is 5.75 Å². The van der Waals surface area contributed by atoms with Gasteiger partial charge in [0.15, 0.2) is 4.67 Å². The molecule has 3 nitrogen and oxygen atoms in total. The molecule has 0 aliphatic heterocycles. The van der Waals surface area contributed by atoms with Crippen LogP contribution in [0.15, 0.2) is 43.9 Å². The van der Waals surface area contributed by atoms with E-state index in [0.29, 0.717) is 0 Å². The molecule has 2 aromatic rings. The number of rotatable bonds is 6. The molecule has 0 aliphatic rings. The van der Waals surface area contributed by atoms with Crippen molar-refractivity contribution >= 4 is 31.9 Å². The van der Waals surface area contributed by atoms with Gasteiger partial charge in [-0.1, -0.05) is 22.9 Å². The smallest absolute Gasteiger partial charge is 0.169 e. The number of hydrogen-bond donors (Lipinski definition) is 1. The lowest BCUT2D eigenvalue weighted by Gasteiger charge is -2.17. The summed E-state index contributed by atoms with van der Waals surface area (Å²) in [5.74, 6) is 1.81. The molecule has 5 heteroatoms. The minimum absolute atomic E-state index is 0.120. The molecular weight excluding hydrogens is 386 g/mol. The van der Waals surface area contributed by atoms with Crippen LogP contribution in [0.25, 0.3) is 0 Å². The highest BCUT2D eigenvalue weighted by Crippen LogP contribution is 2.29. The molecule has 1 unspecified atom stereocenters. The van der Waals surface area contributed by atoms with Crippen molar-refractivity contribution in [3.63, 3.8) is 0 Å². The van der Waals surface area contributed by atoms with Crippen LogP contribution in [0.3, 0.4) is 0 Å². The Morgan fingerprint density at radius 1 is 1.25 bits per heavy atom. The zero-order valence-electron chi connectivity index (χ0n) is 11.5. The fraction of sp³-hybridized carbons (Fsp3) is 0.333. The standard InChI is InChI=1S/C15H17Br2NO2/c1-3-18-12(14-6-7-15(17)20-14)9-10-8-11(16)4-5-13(10)19-2/h4-8,12,18H,3,9H2,1-2H3. The SMILES string of the molecule is CCNC(Cc1cc(Br)ccc1OC)c1ccc(Br)o1. The minimum Gasteiger partial charge on any atom is -0.496 e. The quantitative estimate of drug-likeness (QED) is 0.759. The first-order chi connectivity index (χ1) is 9.63. The third-order valence-electron chi connectivity index (χ3n) is 3.05. The lowest BCUT2D eigenvalue weighted by Crippen LogP contribution is -2.22. The molecule has 0 radical (unpaired) electrons. The van der Waals surface area contributed by atoms with Gasteiger partial charge in [-0.25, -0.2) is 0 Å². The van der Waals surface area contributed by atoms with Crippen molar-refractivity contribution in [2.24, 2.45) is 0 Å². The summed E-state index contributed by atoms with van der Waals surface area (Å²) < 4.78 is 12.9. The first-order valence-electron chi connectivity index (χ1n) is 6.45. The van der Waals surface area contributed by atoms with Crippen molar-refractivity contribution in [2.75, 3.05) is 13.7 Å². The summed E-state index contributed by atoms with van der Waals surface area (Å²) in [7, 11) is 1.69. The molecule has 1 N–H and O–H groups in total. The molecule has 0 bridgehead atoms.